The van der Waals surface area contributed by atoms with E-state index in [1.165, 1.54) is 24.0 Å². The van der Waals surface area contributed by atoms with Crippen LogP contribution >= 0.6 is 0 Å². The highest BCUT2D eigenvalue weighted by atomic mass is 16.5. The van der Waals surface area contributed by atoms with Crippen LogP contribution in [0.4, 0.5) is 0 Å². The number of ether oxygens (including phenoxy) is 1. The second kappa shape index (κ2) is 12.2. The van der Waals surface area contributed by atoms with Gasteiger partial charge in [-0.05, 0) is 23.6 Å². The van der Waals surface area contributed by atoms with Gasteiger partial charge in [-0.2, -0.15) is 0 Å². The monoisotopic (exact) mass is 475 g/mol. The van der Waals surface area contributed by atoms with Gasteiger partial charge in [-0.25, -0.2) is 4.79 Å². The van der Waals surface area contributed by atoms with Crippen molar-refractivity contribution in [1.29, 1.82) is 0 Å². The maximum atomic E-state index is 13.4. The van der Waals surface area contributed by atoms with Crippen molar-refractivity contribution in [2.24, 2.45) is 5.92 Å². The Morgan fingerprint density at radius 2 is 1.85 bits per heavy atom. The molecular weight excluding hydrogens is 442 g/mol. The number of carbonyl (C=O) groups is 4. The van der Waals surface area contributed by atoms with Crippen LogP contribution in [0.25, 0.3) is 0 Å². The van der Waals surface area contributed by atoms with Gasteiger partial charge in [0.25, 0.3) is 0 Å². The Hall–Kier alpha value is -3.40. The molecule has 1 aliphatic rings. The Morgan fingerprint density at radius 3 is 2.38 bits per heavy atom. The van der Waals surface area contributed by atoms with E-state index in [-0.39, 0.29) is 37.7 Å². The largest absolute Gasteiger partial charge is 0.508 e. The number of hydrogen-bond donors (Lipinski definition) is 4. The van der Waals surface area contributed by atoms with Crippen LogP contribution in [0.5, 0.6) is 5.75 Å². The fraction of sp³-hybridized carbons (Fsp3) is 0.500. The Balaban J connectivity index is 2.19. The third-order valence-electron chi connectivity index (χ3n) is 5.58. The summed E-state index contributed by atoms with van der Waals surface area (Å²) in [6.07, 6.45) is 1.38. The number of nitrogens with one attached hydrogen (secondary N) is 2. The summed E-state index contributed by atoms with van der Waals surface area (Å²) in [5.41, 5.74) is 0.701. The van der Waals surface area contributed by atoms with Gasteiger partial charge in [0.05, 0.1) is 12.7 Å². The van der Waals surface area contributed by atoms with Crippen LogP contribution in [0.1, 0.15) is 32.8 Å². The maximum Gasteiger partial charge on any atom is 0.326 e. The van der Waals surface area contributed by atoms with Gasteiger partial charge in [-0.15, -0.1) is 6.58 Å². The van der Waals surface area contributed by atoms with E-state index in [1.807, 2.05) is 0 Å². The first-order valence-corrected chi connectivity index (χ1v) is 11.1. The van der Waals surface area contributed by atoms with Gasteiger partial charge in [0.1, 0.15) is 23.9 Å². The molecule has 3 amide bonds. The van der Waals surface area contributed by atoms with Crippen LogP contribution in [-0.4, -0.2) is 76.2 Å². The van der Waals surface area contributed by atoms with E-state index in [0.717, 1.165) is 0 Å². The minimum Gasteiger partial charge on any atom is -0.508 e. The zero-order chi connectivity index (χ0) is 25.4. The summed E-state index contributed by atoms with van der Waals surface area (Å²) in [6, 6.07) is 3.19. The normalized spacial score (nSPS) is 19.4. The Kier molecular flexibility index (Phi) is 9.61. The number of likely N-dealkylation sites (tertiary alicyclic amines) is 1. The number of hydrogen-bond acceptors (Lipinski definition) is 6. The van der Waals surface area contributed by atoms with Gasteiger partial charge in [0.2, 0.25) is 17.7 Å². The van der Waals surface area contributed by atoms with Crippen molar-refractivity contribution in [2.45, 2.75) is 57.8 Å². The molecule has 4 N–H and O–H groups in total. The third-order valence-corrected chi connectivity index (χ3v) is 5.58. The van der Waals surface area contributed by atoms with Crippen LogP contribution in [-0.2, 0) is 30.3 Å². The van der Waals surface area contributed by atoms with Gasteiger partial charge >= 0.3 is 5.97 Å². The molecule has 4 atom stereocenters. The lowest BCUT2D eigenvalue weighted by atomic mass is 10.00. The molecule has 1 fully saturated rings. The van der Waals surface area contributed by atoms with Crippen molar-refractivity contribution in [2.75, 3.05) is 13.2 Å². The van der Waals surface area contributed by atoms with Crippen LogP contribution in [0.15, 0.2) is 36.9 Å². The number of carboxylic acids is 1. The number of aliphatic carboxylic acids is 1. The number of aromatic hydroxyl groups is 1. The van der Waals surface area contributed by atoms with Gasteiger partial charge in [-0.3, -0.25) is 14.4 Å². The molecule has 1 aliphatic heterocycles. The molecule has 10 nitrogen and oxygen atoms in total. The highest BCUT2D eigenvalue weighted by molar-refractivity contribution is 5.93. The number of phenols is 1. The van der Waals surface area contributed by atoms with E-state index in [4.69, 9.17) is 4.74 Å². The molecule has 0 saturated carbocycles. The molecule has 2 rings (SSSR count). The minimum atomic E-state index is -1.14. The first-order valence-electron chi connectivity index (χ1n) is 11.1. The number of benzene rings is 1. The number of rotatable bonds is 11. The molecule has 186 valence electrons. The number of nitrogens with zero attached hydrogens (tertiary/aromatic N) is 1. The van der Waals surface area contributed by atoms with Crippen molar-refractivity contribution >= 4 is 23.7 Å². The molecule has 34 heavy (non-hydrogen) atoms. The average Bonchev–Trinajstić information content (AvgIpc) is 3.20. The van der Waals surface area contributed by atoms with Gasteiger partial charge < -0.3 is 30.5 Å². The maximum absolute atomic E-state index is 13.4. The zero-order valence-electron chi connectivity index (χ0n) is 19.7. The fourth-order valence-corrected chi connectivity index (χ4v) is 3.87. The van der Waals surface area contributed by atoms with E-state index in [9.17, 15) is 29.4 Å². The second-order valence-corrected chi connectivity index (χ2v) is 8.68. The van der Waals surface area contributed by atoms with Crippen LogP contribution in [0, 0.1) is 5.92 Å². The fourth-order valence-electron chi connectivity index (χ4n) is 3.87. The molecule has 0 radical (unpaired) electrons. The topological polar surface area (TPSA) is 145 Å². The number of amides is 3. The minimum absolute atomic E-state index is 0.0729. The lowest BCUT2D eigenvalue weighted by molar-refractivity contribution is -0.150. The molecular formula is C24H33N3O7. The van der Waals surface area contributed by atoms with Crippen molar-refractivity contribution in [3.05, 3.63) is 42.5 Å². The molecule has 1 heterocycles. The molecule has 0 aromatic heterocycles. The molecule has 0 bridgehead atoms. The predicted molar refractivity (Wildman–Crippen MR) is 124 cm³/mol. The van der Waals surface area contributed by atoms with E-state index >= 15 is 0 Å². The number of phenolic OH excluding ortho intramolecular Hbond substituents is 1. The second-order valence-electron chi connectivity index (χ2n) is 8.68. The van der Waals surface area contributed by atoms with E-state index in [2.05, 4.69) is 17.2 Å². The standard InChI is InChI=1S/C24H33N3O7/c1-5-10-34-18-12-20(24(32)33)27(13-18)23(31)21(14(2)3)26-22(30)19(25-15(4)28)11-16-6-8-17(29)9-7-16/h5-9,14,18-21,29H,1,10-13H2,2-4H3,(H,25,28)(H,26,30)(H,32,33)/t18?,19-,20-,21-/m0/s1. The molecule has 0 spiro atoms. The zero-order valence-corrected chi connectivity index (χ0v) is 19.7. The summed E-state index contributed by atoms with van der Waals surface area (Å²) in [7, 11) is 0. The van der Waals surface area contributed by atoms with Crippen molar-refractivity contribution in [1.82, 2.24) is 15.5 Å². The Morgan fingerprint density at radius 1 is 1.21 bits per heavy atom. The van der Waals surface area contributed by atoms with E-state index in [0.29, 0.717) is 5.56 Å². The van der Waals surface area contributed by atoms with Gasteiger partial charge in [0, 0.05) is 26.3 Å². The van der Waals surface area contributed by atoms with Gasteiger partial charge in [0.15, 0.2) is 0 Å². The highest BCUT2D eigenvalue weighted by Gasteiger charge is 2.43. The third kappa shape index (κ3) is 7.31. The quantitative estimate of drug-likeness (QED) is 0.347. The average molecular weight is 476 g/mol. The van der Waals surface area contributed by atoms with Crippen molar-refractivity contribution in [3.8, 4) is 5.75 Å². The molecule has 10 heteroatoms. The first kappa shape index (κ1) is 26.8. The highest BCUT2D eigenvalue weighted by Crippen LogP contribution is 2.23. The summed E-state index contributed by atoms with van der Waals surface area (Å²) >= 11 is 0. The SMILES string of the molecule is C=CCOC1C[C@@H](C(=O)O)N(C(=O)[C@@H](NC(=O)[C@H](Cc2ccc(O)cc2)NC(C)=O)C(C)C)C1. The van der Waals surface area contributed by atoms with Gasteiger partial charge in [-0.1, -0.05) is 32.1 Å². The van der Waals surface area contributed by atoms with Crippen molar-refractivity contribution in [3.63, 3.8) is 0 Å². The smallest absolute Gasteiger partial charge is 0.326 e. The number of carboxylic acid groups (broad SMARTS) is 1. The van der Waals surface area contributed by atoms with Crippen molar-refractivity contribution < 1.29 is 34.1 Å². The van der Waals surface area contributed by atoms with E-state index in [1.54, 1.807) is 32.1 Å². The summed E-state index contributed by atoms with van der Waals surface area (Å²) in [4.78, 5) is 51.2. The lowest BCUT2D eigenvalue weighted by Gasteiger charge is -2.30. The molecule has 1 unspecified atom stereocenters. The first-order chi connectivity index (χ1) is 16.0. The Labute approximate surface area is 199 Å². The molecule has 1 saturated heterocycles. The summed E-state index contributed by atoms with van der Waals surface area (Å²) < 4.78 is 5.56. The molecule has 0 aliphatic carbocycles. The van der Waals surface area contributed by atoms with Crippen LogP contribution < -0.4 is 10.6 Å². The number of carbonyl (C=O) groups excluding carboxylic acids is 3. The summed E-state index contributed by atoms with van der Waals surface area (Å²) in [5.74, 6) is -2.92. The Bertz CT molecular complexity index is 900. The van der Waals surface area contributed by atoms with Crippen LogP contribution in [0.2, 0.25) is 0 Å². The summed E-state index contributed by atoms with van der Waals surface area (Å²) in [6.45, 7) is 8.67. The predicted octanol–water partition coefficient (Wildman–Crippen LogP) is 0.837. The van der Waals surface area contributed by atoms with Crippen LogP contribution in [0.3, 0.4) is 0 Å². The summed E-state index contributed by atoms with van der Waals surface area (Å²) in [5, 5.41) is 24.4. The molecule has 1 aromatic rings. The molecule has 1 aromatic carbocycles. The lowest BCUT2D eigenvalue weighted by Crippen LogP contribution is -2.57. The van der Waals surface area contributed by atoms with E-state index < -0.39 is 47.9 Å².